The fourth-order valence-electron chi connectivity index (χ4n) is 4.34. The third kappa shape index (κ3) is 4.84. The van der Waals surface area contributed by atoms with E-state index in [0.29, 0.717) is 22.3 Å². The number of rotatable bonds is 6. The van der Waals surface area contributed by atoms with E-state index in [1.807, 2.05) is 11.9 Å². The Labute approximate surface area is 205 Å². The first-order valence-corrected chi connectivity index (χ1v) is 12.3. The van der Waals surface area contributed by atoms with Crippen molar-refractivity contribution >= 4 is 44.8 Å². The summed E-state index contributed by atoms with van der Waals surface area (Å²) in [6.45, 7) is 0.759. The van der Waals surface area contributed by atoms with Crippen molar-refractivity contribution in [1.82, 2.24) is 20.4 Å². The predicted octanol–water partition coefficient (Wildman–Crippen LogP) is 4.20. The normalized spacial score (nSPS) is 25.5. The summed E-state index contributed by atoms with van der Waals surface area (Å²) in [6.07, 6.45) is -1.50. The average molecular weight is 532 g/mol. The van der Waals surface area contributed by atoms with Crippen LogP contribution in [0.15, 0.2) is 27.6 Å². The predicted molar refractivity (Wildman–Crippen MR) is 123 cm³/mol. The number of benzene rings is 1. The quantitative estimate of drug-likeness (QED) is 0.361. The van der Waals surface area contributed by atoms with Gasteiger partial charge >= 0.3 is 5.51 Å². The van der Waals surface area contributed by atoms with Crippen LogP contribution in [0.2, 0.25) is 0 Å². The number of likely N-dealkylation sites (N-methyl/N-ethyl adjacent to an activating group) is 1. The third-order valence-corrected chi connectivity index (χ3v) is 8.17. The van der Waals surface area contributed by atoms with E-state index in [4.69, 9.17) is 9.26 Å². The molecule has 35 heavy (non-hydrogen) atoms. The molecule has 4 atom stereocenters. The van der Waals surface area contributed by atoms with Crippen molar-refractivity contribution in [2.45, 2.75) is 41.2 Å². The Morgan fingerprint density at radius 1 is 1.34 bits per heavy atom. The molecule has 0 unspecified atom stereocenters. The van der Waals surface area contributed by atoms with Gasteiger partial charge < -0.3 is 24.8 Å². The number of hydrogen-bond donors (Lipinski definition) is 2. The molecule has 8 nitrogen and oxygen atoms in total. The molecule has 0 spiro atoms. The fraction of sp³-hybridized carbons (Fsp3) is 0.476. The second-order valence-electron chi connectivity index (χ2n) is 8.46. The first kappa shape index (κ1) is 24.3. The number of halogens is 4. The largest absolute Gasteiger partial charge is 0.446 e. The molecule has 1 amide bonds. The number of thioether (sulfide) groups is 1. The Bertz CT molecular complexity index is 1250. The summed E-state index contributed by atoms with van der Waals surface area (Å²) in [6, 6.07) is 3.86. The molecule has 2 aliphatic heterocycles. The Morgan fingerprint density at radius 2 is 2.14 bits per heavy atom. The highest BCUT2D eigenvalue weighted by molar-refractivity contribution is 8.00. The summed E-state index contributed by atoms with van der Waals surface area (Å²) in [5, 5.41) is 10.1. The number of likely N-dealkylation sites (tertiary alicyclic amines) is 1. The van der Waals surface area contributed by atoms with E-state index in [0.717, 1.165) is 11.3 Å². The van der Waals surface area contributed by atoms with E-state index in [1.165, 1.54) is 7.11 Å². The number of anilines is 1. The van der Waals surface area contributed by atoms with Crippen LogP contribution in [0.5, 0.6) is 0 Å². The van der Waals surface area contributed by atoms with Gasteiger partial charge in [-0.1, -0.05) is 17.3 Å². The van der Waals surface area contributed by atoms with Gasteiger partial charge in [-0.05, 0) is 24.9 Å². The molecule has 188 valence electrons. The number of carbonyl (C=O) groups is 1. The SMILES string of the molecule is CO[C@H]1C[C@H](c2nc(-c3sc4c(N[C@@H]5CN(C)C[C@@H]5F)cccc4c3SC(F)(F)F)no2)NC1=O. The van der Waals surface area contributed by atoms with E-state index >= 15 is 0 Å². The number of fused-ring (bicyclic) bond motifs is 1. The highest BCUT2D eigenvalue weighted by Gasteiger charge is 2.38. The number of thiophene rings is 1. The van der Waals surface area contributed by atoms with E-state index in [-0.39, 0.29) is 52.1 Å². The van der Waals surface area contributed by atoms with Gasteiger partial charge in [-0.25, -0.2) is 4.39 Å². The first-order chi connectivity index (χ1) is 16.6. The molecular weight excluding hydrogens is 510 g/mol. The van der Waals surface area contributed by atoms with Gasteiger partial charge in [0.25, 0.3) is 0 Å². The Balaban J connectivity index is 1.53. The Kier molecular flexibility index (Phi) is 6.40. The molecule has 4 heterocycles. The number of ether oxygens (including phenoxy) is 1. The molecule has 2 N–H and O–H groups in total. The summed E-state index contributed by atoms with van der Waals surface area (Å²) < 4.78 is 65.9. The zero-order valence-corrected chi connectivity index (χ0v) is 20.2. The second kappa shape index (κ2) is 9.22. The molecule has 3 aromatic rings. The summed E-state index contributed by atoms with van der Waals surface area (Å²) in [4.78, 5) is 18.2. The van der Waals surface area contributed by atoms with Crippen LogP contribution in [-0.2, 0) is 9.53 Å². The van der Waals surface area contributed by atoms with Crippen LogP contribution in [0, 0.1) is 0 Å². The molecule has 14 heteroatoms. The molecule has 0 saturated carbocycles. The topological polar surface area (TPSA) is 92.5 Å². The molecule has 0 radical (unpaired) electrons. The van der Waals surface area contributed by atoms with Gasteiger partial charge in [-0.3, -0.25) is 4.79 Å². The van der Waals surface area contributed by atoms with Crippen molar-refractivity contribution in [2.24, 2.45) is 0 Å². The van der Waals surface area contributed by atoms with Crippen LogP contribution in [-0.4, -0.2) is 72.0 Å². The number of carbonyl (C=O) groups excluding carboxylic acids is 1. The smallest absolute Gasteiger partial charge is 0.377 e. The second-order valence-corrected chi connectivity index (χ2v) is 10.6. The molecule has 2 aliphatic rings. The van der Waals surface area contributed by atoms with Gasteiger partial charge in [0.05, 0.1) is 21.3 Å². The first-order valence-electron chi connectivity index (χ1n) is 10.7. The molecule has 2 fully saturated rings. The van der Waals surface area contributed by atoms with Crippen LogP contribution in [0.1, 0.15) is 18.4 Å². The zero-order chi connectivity index (χ0) is 24.9. The fourth-order valence-corrected chi connectivity index (χ4v) is 6.45. The maximum atomic E-state index is 14.4. The van der Waals surface area contributed by atoms with E-state index in [9.17, 15) is 22.4 Å². The third-order valence-electron chi connectivity index (χ3n) is 5.95. The Morgan fingerprint density at radius 3 is 2.80 bits per heavy atom. The zero-order valence-electron chi connectivity index (χ0n) is 18.6. The lowest BCUT2D eigenvalue weighted by molar-refractivity contribution is -0.127. The highest BCUT2D eigenvalue weighted by Crippen LogP contribution is 2.50. The standard InChI is InChI=1S/C21H21F4N5O3S2/c1-30-7-10(22)13(8-30)26-11-5-3-4-9-15(11)34-17(16(9)35-21(23,24)25)18-28-20(33-29-18)12-6-14(32-2)19(31)27-12/h3-5,10,12-14,26H,6-8H2,1-2H3,(H,27,31)/t10-,12+,13+,14-/m0/s1. The summed E-state index contributed by atoms with van der Waals surface area (Å²) in [7, 11) is 3.22. The number of aromatic nitrogens is 2. The minimum atomic E-state index is -4.55. The van der Waals surface area contributed by atoms with Crippen molar-refractivity contribution in [3.8, 4) is 10.7 Å². The van der Waals surface area contributed by atoms with E-state index in [1.54, 1.807) is 18.2 Å². The van der Waals surface area contributed by atoms with Gasteiger partial charge in [0.1, 0.15) is 18.3 Å². The van der Waals surface area contributed by atoms with Crippen LogP contribution in [0.3, 0.4) is 0 Å². The van der Waals surface area contributed by atoms with E-state index < -0.39 is 29.9 Å². The van der Waals surface area contributed by atoms with E-state index in [2.05, 4.69) is 20.8 Å². The molecule has 0 aliphatic carbocycles. The minimum Gasteiger partial charge on any atom is -0.377 e. The Hall–Kier alpha value is -2.42. The lowest BCUT2D eigenvalue weighted by Crippen LogP contribution is -2.29. The van der Waals surface area contributed by atoms with Crippen molar-refractivity contribution in [2.75, 3.05) is 32.6 Å². The van der Waals surface area contributed by atoms with Crippen LogP contribution < -0.4 is 10.6 Å². The molecule has 2 saturated heterocycles. The molecule has 5 rings (SSSR count). The van der Waals surface area contributed by atoms with Gasteiger partial charge in [0.2, 0.25) is 17.6 Å². The average Bonchev–Trinajstić information content (AvgIpc) is 3.54. The van der Waals surface area contributed by atoms with Crippen molar-refractivity contribution in [1.29, 1.82) is 0 Å². The number of nitrogens with zero attached hydrogens (tertiary/aromatic N) is 3. The molecule has 1 aromatic carbocycles. The van der Waals surface area contributed by atoms with Crippen LogP contribution in [0.4, 0.5) is 23.2 Å². The van der Waals surface area contributed by atoms with Crippen molar-refractivity contribution in [3.63, 3.8) is 0 Å². The molecule has 0 bridgehead atoms. The monoisotopic (exact) mass is 531 g/mol. The molecular formula is C21H21F4N5O3S2. The molecule has 2 aromatic heterocycles. The lowest BCUT2D eigenvalue weighted by atomic mass is 10.2. The number of amides is 1. The number of alkyl halides is 4. The minimum absolute atomic E-state index is 0.0158. The van der Waals surface area contributed by atoms with Crippen molar-refractivity contribution < 1.29 is 31.6 Å². The van der Waals surface area contributed by atoms with Gasteiger partial charge in [0.15, 0.2) is 0 Å². The number of nitrogens with one attached hydrogen (secondary N) is 2. The highest BCUT2D eigenvalue weighted by atomic mass is 32.2. The lowest BCUT2D eigenvalue weighted by Gasteiger charge is -2.16. The maximum Gasteiger partial charge on any atom is 0.446 e. The van der Waals surface area contributed by atoms with Gasteiger partial charge in [-0.2, -0.15) is 18.2 Å². The number of methoxy groups -OCH3 is 1. The van der Waals surface area contributed by atoms with Gasteiger partial charge in [0, 0.05) is 36.9 Å². The summed E-state index contributed by atoms with van der Waals surface area (Å²) in [5.74, 6) is -0.259. The number of hydrogen-bond acceptors (Lipinski definition) is 9. The van der Waals surface area contributed by atoms with Crippen LogP contribution >= 0.6 is 23.1 Å². The van der Waals surface area contributed by atoms with Crippen molar-refractivity contribution in [3.05, 3.63) is 24.1 Å². The van der Waals surface area contributed by atoms with Crippen LogP contribution in [0.25, 0.3) is 20.8 Å². The maximum absolute atomic E-state index is 14.4. The summed E-state index contributed by atoms with van der Waals surface area (Å²) >= 11 is 0.820. The van der Waals surface area contributed by atoms with Gasteiger partial charge in [-0.15, -0.1) is 11.3 Å². The summed E-state index contributed by atoms with van der Waals surface area (Å²) in [5.41, 5.74) is -4.01.